The van der Waals surface area contributed by atoms with E-state index in [0.717, 1.165) is 0 Å². The molecule has 8 heteroatoms. The van der Waals surface area contributed by atoms with Crippen LogP contribution < -0.4 is 11.1 Å². The zero-order valence-electron chi connectivity index (χ0n) is 10.3. The molecule has 2 amide bonds. The lowest BCUT2D eigenvalue weighted by Gasteiger charge is -2.29. The molecule has 1 saturated carbocycles. The van der Waals surface area contributed by atoms with Crippen molar-refractivity contribution in [3.63, 3.8) is 0 Å². The summed E-state index contributed by atoms with van der Waals surface area (Å²) in [6.45, 7) is -0.0363. The Bertz CT molecular complexity index is 334. The summed E-state index contributed by atoms with van der Waals surface area (Å²) in [5, 5.41) is 2.44. The molecule has 0 heterocycles. The SMILES string of the molecule is NC(=O)OCCNC(=O)[C@H]1CCC[C@@H](C(F)(F)F)C1. The van der Waals surface area contributed by atoms with Gasteiger partial charge in [-0.2, -0.15) is 13.2 Å². The molecule has 0 aromatic rings. The van der Waals surface area contributed by atoms with Crippen LogP contribution >= 0.6 is 0 Å². The first-order valence-electron chi connectivity index (χ1n) is 6.07. The van der Waals surface area contributed by atoms with Gasteiger partial charge in [0, 0.05) is 5.92 Å². The number of halogens is 3. The predicted octanol–water partition coefficient (Wildman–Crippen LogP) is 1.57. The van der Waals surface area contributed by atoms with Crippen molar-refractivity contribution in [3.8, 4) is 0 Å². The van der Waals surface area contributed by atoms with Gasteiger partial charge in [-0.05, 0) is 19.3 Å². The number of nitrogens with one attached hydrogen (secondary N) is 1. The molecule has 1 aliphatic carbocycles. The minimum atomic E-state index is -4.24. The highest BCUT2D eigenvalue weighted by molar-refractivity contribution is 5.78. The van der Waals surface area contributed by atoms with E-state index in [2.05, 4.69) is 10.1 Å². The average molecular weight is 282 g/mol. The van der Waals surface area contributed by atoms with Gasteiger partial charge in [-0.15, -0.1) is 0 Å². The van der Waals surface area contributed by atoms with Crippen molar-refractivity contribution in [2.24, 2.45) is 17.6 Å². The summed E-state index contributed by atoms with van der Waals surface area (Å²) < 4.78 is 42.1. The van der Waals surface area contributed by atoms with E-state index < -0.39 is 30.0 Å². The van der Waals surface area contributed by atoms with E-state index >= 15 is 0 Å². The molecule has 19 heavy (non-hydrogen) atoms. The summed E-state index contributed by atoms with van der Waals surface area (Å²) in [6.07, 6.45) is -4.45. The van der Waals surface area contributed by atoms with Crippen molar-refractivity contribution in [1.29, 1.82) is 0 Å². The van der Waals surface area contributed by atoms with Crippen LogP contribution in [0.1, 0.15) is 25.7 Å². The van der Waals surface area contributed by atoms with Crippen molar-refractivity contribution >= 4 is 12.0 Å². The Balaban J connectivity index is 2.34. The van der Waals surface area contributed by atoms with Gasteiger partial charge in [0.05, 0.1) is 12.5 Å². The van der Waals surface area contributed by atoms with Crippen molar-refractivity contribution in [3.05, 3.63) is 0 Å². The summed E-state index contributed by atoms with van der Waals surface area (Å²) >= 11 is 0. The summed E-state index contributed by atoms with van der Waals surface area (Å²) in [5.41, 5.74) is 4.72. The number of carbonyl (C=O) groups excluding carboxylic acids is 2. The molecule has 5 nitrogen and oxygen atoms in total. The van der Waals surface area contributed by atoms with Crippen molar-refractivity contribution in [2.45, 2.75) is 31.9 Å². The fraction of sp³-hybridized carbons (Fsp3) is 0.818. The van der Waals surface area contributed by atoms with Crippen LogP contribution in [0.4, 0.5) is 18.0 Å². The van der Waals surface area contributed by atoms with Gasteiger partial charge in [-0.1, -0.05) is 6.42 Å². The molecule has 0 radical (unpaired) electrons. The lowest BCUT2D eigenvalue weighted by atomic mass is 9.80. The zero-order chi connectivity index (χ0) is 14.5. The van der Waals surface area contributed by atoms with Crippen LogP contribution in [0.3, 0.4) is 0 Å². The van der Waals surface area contributed by atoms with Crippen LogP contribution in [-0.4, -0.2) is 31.3 Å². The largest absolute Gasteiger partial charge is 0.448 e. The van der Waals surface area contributed by atoms with E-state index in [0.29, 0.717) is 12.8 Å². The normalized spacial score (nSPS) is 23.7. The first-order chi connectivity index (χ1) is 8.80. The molecule has 2 atom stereocenters. The number of hydrogen-bond acceptors (Lipinski definition) is 3. The number of primary amides is 1. The third kappa shape index (κ3) is 5.35. The van der Waals surface area contributed by atoms with Crippen LogP contribution in [-0.2, 0) is 9.53 Å². The molecule has 3 N–H and O–H groups in total. The smallest absolute Gasteiger partial charge is 0.404 e. The molecular formula is C11H17F3N2O3. The third-order valence-corrected chi connectivity index (χ3v) is 3.15. The zero-order valence-corrected chi connectivity index (χ0v) is 10.3. The predicted molar refractivity (Wildman–Crippen MR) is 60.0 cm³/mol. The maximum absolute atomic E-state index is 12.6. The number of carbonyl (C=O) groups is 2. The van der Waals surface area contributed by atoms with Crippen LogP contribution in [0.5, 0.6) is 0 Å². The number of nitrogens with two attached hydrogens (primary N) is 1. The number of amides is 2. The number of hydrogen-bond donors (Lipinski definition) is 2. The molecular weight excluding hydrogens is 265 g/mol. The summed E-state index contributed by atoms with van der Waals surface area (Å²) in [4.78, 5) is 21.9. The molecule has 1 rings (SSSR count). The van der Waals surface area contributed by atoms with Gasteiger partial charge in [0.1, 0.15) is 6.61 Å². The Labute approximate surface area is 108 Å². The van der Waals surface area contributed by atoms with E-state index in [9.17, 15) is 22.8 Å². The van der Waals surface area contributed by atoms with Crippen molar-refractivity contribution in [1.82, 2.24) is 5.32 Å². The summed E-state index contributed by atoms with van der Waals surface area (Å²) in [5.74, 6) is -2.46. The average Bonchev–Trinajstić information content (AvgIpc) is 2.33. The Morgan fingerprint density at radius 2 is 2.00 bits per heavy atom. The Kier molecular flexibility index (Phi) is 5.44. The third-order valence-electron chi connectivity index (χ3n) is 3.15. The highest BCUT2D eigenvalue weighted by Crippen LogP contribution is 2.39. The van der Waals surface area contributed by atoms with Crippen molar-refractivity contribution < 1.29 is 27.5 Å². The van der Waals surface area contributed by atoms with Crippen LogP contribution in [0.25, 0.3) is 0 Å². The summed E-state index contributed by atoms with van der Waals surface area (Å²) in [7, 11) is 0. The van der Waals surface area contributed by atoms with E-state index in [1.165, 1.54) is 0 Å². The molecule has 0 aromatic heterocycles. The Morgan fingerprint density at radius 3 is 2.58 bits per heavy atom. The van der Waals surface area contributed by atoms with E-state index in [1.54, 1.807) is 0 Å². The second kappa shape index (κ2) is 6.63. The topological polar surface area (TPSA) is 81.4 Å². The number of alkyl halides is 3. The van der Waals surface area contributed by atoms with Gasteiger partial charge < -0.3 is 15.8 Å². The summed E-state index contributed by atoms with van der Waals surface area (Å²) in [6, 6.07) is 0. The van der Waals surface area contributed by atoms with Crippen molar-refractivity contribution in [2.75, 3.05) is 13.2 Å². The van der Waals surface area contributed by atoms with Crippen LogP contribution in [0.15, 0.2) is 0 Å². The minimum Gasteiger partial charge on any atom is -0.448 e. The fourth-order valence-electron chi connectivity index (χ4n) is 2.20. The van der Waals surface area contributed by atoms with Gasteiger partial charge >= 0.3 is 12.3 Å². The van der Waals surface area contributed by atoms with Gasteiger partial charge in [-0.3, -0.25) is 4.79 Å². The Morgan fingerprint density at radius 1 is 1.32 bits per heavy atom. The second-order valence-corrected chi connectivity index (χ2v) is 4.56. The molecule has 0 aliphatic heterocycles. The molecule has 0 bridgehead atoms. The van der Waals surface area contributed by atoms with Gasteiger partial charge in [0.15, 0.2) is 0 Å². The van der Waals surface area contributed by atoms with Crippen LogP contribution in [0.2, 0.25) is 0 Å². The highest BCUT2D eigenvalue weighted by Gasteiger charge is 2.43. The van der Waals surface area contributed by atoms with E-state index in [-0.39, 0.29) is 26.0 Å². The molecule has 110 valence electrons. The molecule has 1 fully saturated rings. The van der Waals surface area contributed by atoms with E-state index in [1.807, 2.05) is 0 Å². The van der Waals surface area contributed by atoms with Gasteiger partial charge in [0.2, 0.25) is 5.91 Å². The Hall–Kier alpha value is -1.47. The number of ether oxygens (including phenoxy) is 1. The maximum atomic E-state index is 12.6. The molecule has 0 unspecified atom stereocenters. The monoisotopic (exact) mass is 282 g/mol. The molecule has 0 spiro atoms. The molecule has 1 aliphatic rings. The molecule has 0 saturated heterocycles. The fourth-order valence-corrected chi connectivity index (χ4v) is 2.20. The lowest BCUT2D eigenvalue weighted by molar-refractivity contribution is -0.186. The second-order valence-electron chi connectivity index (χ2n) is 4.56. The lowest BCUT2D eigenvalue weighted by Crippen LogP contribution is -2.38. The quantitative estimate of drug-likeness (QED) is 0.768. The maximum Gasteiger partial charge on any atom is 0.404 e. The van der Waals surface area contributed by atoms with E-state index in [4.69, 9.17) is 5.73 Å². The number of rotatable bonds is 4. The highest BCUT2D eigenvalue weighted by atomic mass is 19.4. The minimum absolute atomic E-state index is 0.0506. The molecule has 0 aromatic carbocycles. The van der Waals surface area contributed by atoms with Crippen LogP contribution in [0, 0.1) is 11.8 Å². The first kappa shape index (κ1) is 15.6. The van der Waals surface area contributed by atoms with Gasteiger partial charge in [-0.25, -0.2) is 4.79 Å². The first-order valence-corrected chi connectivity index (χ1v) is 6.07. The standard InChI is InChI=1S/C11H17F3N2O3/c12-11(13,14)8-3-1-2-7(6-8)9(17)16-4-5-19-10(15)18/h7-8H,1-6H2,(H2,15,18)(H,16,17)/t7-,8+/m0/s1. The van der Waals surface area contributed by atoms with Gasteiger partial charge in [0.25, 0.3) is 0 Å².